The van der Waals surface area contributed by atoms with Crippen molar-refractivity contribution in [1.82, 2.24) is 0 Å². The molecule has 2 N–H and O–H groups in total. The Hall–Kier alpha value is -0.660. The van der Waals surface area contributed by atoms with Gasteiger partial charge in [0.25, 0.3) is 0 Å². The van der Waals surface area contributed by atoms with Crippen LogP contribution in [0.2, 0.25) is 0 Å². The zero-order valence-electron chi connectivity index (χ0n) is 9.13. The van der Waals surface area contributed by atoms with Crippen LogP contribution >= 0.6 is 0 Å². The van der Waals surface area contributed by atoms with E-state index in [0.29, 0.717) is 6.42 Å². The molecule has 0 aliphatic rings. The van der Waals surface area contributed by atoms with Crippen molar-refractivity contribution in [3.8, 4) is 0 Å². The van der Waals surface area contributed by atoms with Crippen molar-refractivity contribution in [2.45, 2.75) is 33.6 Å². The second-order valence-corrected chi connectivity index (χ2v) is 4.19. The maximum Gasteiger partial charge on any atom is 0.397 e. The lowest BCUT2D eigenvalue weighted by Gasteiger charge is -1.95. The van der Waals surface area contributed by atoms with E-state index >= 15 is 0 Å². The molecule has 0 aliphatic heterocycles. The Morgan fingerprint density at radius 2 is 1.80 bits per heavy atom. The molecule has 0 aromatic rings. The zero-order chi connectivity index (χ0) is 12.5. The van der Waals surface area contributed by atoms with Crippen LogP contribution in [-0.4, -0.2) is 30.7 Å². The first kappa shape index (κ1) is 16.8. The molecular formula is C8H18O6S. The minimum absolute atomic E-state index is 0.0648. The van der Waals surface area contributed by atoms with Crippen LogP contribution in [0.4, 0.5) is 0 Å². The monoisotopic (exact) mass is 242 g/mol. The Bertz CT molecular complexity index is 256. The molecule has 0 aromatic carbocycles. The summed E-state index contributed by atoms with van der Waals surface area (Å²) in [6.07, 6.45) is 1.48. The van der Waals surface area contributed by atoms with E-state index in [1.807, 2.05) is 6.92 Å². The van der Waals surface area contributed by atoms with Gasteiger partial charge in [0.05, 0.1) is 12.5 Å². The van der Waals surface area contributed by atoms with Crippen molar-refractivity contribution < 1.29 is 27.1 Å². The van der Waals surface area contributed by atoms with Gasteiger partial charge in [-0.25, -0.2) is 4.18 Å². The number of rotatable bonds is 5. The second-order valence-electron chi connectivity index (χ2n) is 3.10. The number of unbranched alkanes of at least 4 members (excludes halogenated alkanes) is 1. The van der Waals surface area contributed by atoms with E-state index in [1.165, 1.54) is 0 Å². The van der Waals surface area contributed by atoms with Crippen LogP contribution in [0.25, 0.3) is 0 Å². The molecular weight excluding hydrogens is 224 g/mol. The average Bonchev–Trinajstić information content (AvgIpc) is 2.03. The van der Waals surface area contributed by atoms with E-state index in [0.717, 1.165) is 6.42 Å². The fraction of sp³-hybridized carbons (Fsp3) is 0.875. The Labute approximate surface area is 90.2 Å². The van der Waals surface area contributed by atoms with Gasteiger partial charge in [-0.15, -0.1) is 0 Å². The number of aliphatic carboxylic acids is 1. The van der Waals surface area contributed by atoms with Crippen LogP contribution in [0.1, 0.15) is 33.6 Å². The van der Waals surface area contributed by atoms with Gasteiger partial charge in [0.15, 0.2) is 0 Å². The molecule has 0 unspecified atom stereocenters. The summed E-state index contributed by atoms with van der Waals surface area (Å²) in [5.41, 5.74) is 0. The fourth-order valence-electron chi connectivity index (χ4n) is 0.309. The first-order valence-corrected chi connectivity index (χ1v) is 5.91. The quantitative estimate of drug-likeness (QED) is 0.557. The summed E-state index contributed by atoms with van der Waals surface area (Å²) in [4.78, 5) is 9.70. The standard InChI is InChI=1S/C4H10O4S.C4H8O2/c1-2-3-4-8-9(5,6)7;1-3(2)4(5)6/h2-4H2,1H3,(H,5,6,7);3H,1-2H3,(H,5,6). The van der Waals surface area contributed by atoms with Crippen molar-refractivity contribution in [3.63, 3.8) is 0 Å². The minimum atomic E-state index is -4.20. The van der Waals surface area contributed by atoms with E-state index in [2.05, 4.69) is 4.18 Å². The largest absolute Gasteiger partial charge is 0.481 e. The lowest BCUT2D eigenvalue weighted by molar-refractivity contribution is -0.140. The average molecular weight is 242 g/mol. The first-order valence-electron chi connectivity index (χ1n) is 4.55. The maximum absolute atomic E-state index is 9.84. The molecule has 0 rings (SSSR count). The summed E-state index contributed by atoms with van der Waals surface area (Å²) in [5, 5.41) is 7.99. The molecule has 0 aliphatic carbocycles. The predicted molar refractivity (Wildman–Crippen MR) is 54.9 cm³/mol. The van der Waals surface area contributed by atoms with Gasteiger partial charge in [0.2, 0.25) is 0 Å². The van der Waals surface area contributed by atoms with Crippen LogP contribution in [0, 0.1) is 5.92 Å². The highest BCUT2D eigenvalue weighted by Crippen LogP contribution is 1.91. The lowest BCUT2D eigenvalue weighted by atomic mass is 10.2. The van der Waals surface area contributed by atoms with Gasteiger partial charge in [-0.2, -0.15) is 8.42 Å². The smallest absolute Gasteiger partial charge is 0.397 e. The molecule has 0 amide bonds. The molecule has 0 spiro atoms. The van der Waals surface area contributed by atoms with Crippen molar-refractivity contribution >= 4 is 16.4 Å². The van der Waals surface area contributed by atoms with Gasteiger partial charge in [-0.3, -0.25) is 9.35 Å². The van der Waals surface area contributed by atoms with Crippen LogP contribution in [0.5, 0.6) is 0 Å². The summed E-state index contributed by atoms with van der Waals surface area (Å²) in [5.74, 6) is -0.972. The van der Waals surface area contributed by atoms with E-state index in [1.54, 1.807) is 13.8 Å². The van der Waals surface area contributed by atoms with Gasteiger partial charge in [0.1, 0.15) is 0 Å². The summed E-state index contributed by atoms with van der Waals surface area (Å²) >= 11 is 0. The fourth-order valence-corrected chi connectivity index (χ4v) is 0.637. The number of carbonyl (C=O) groups is 1. The molecule has 0 atom stereocenters. The third kappa shape index (κ3) is 19.7. The molecule has 0 bridgehead atoms. The Kier molecular flexibility index (Phi) is 9.64. The van der Waals surface area contributed by atoms with Crippen molar-refractivity contribution in [3.05, 3.63) is 0 Å². The molecule has 15 heavy (non-hydrogen) atoms. The third-order valence-electron chi connectivity index (χ3n) is 1.22. The summed E-state index contributed by atoms with van der Waals surface area (Å²) in [6, 6.07) is 0. The van der Waals surface area contributed by atoms with Crippen LogP contribution < -0.4 is 0 Å². The number of hydrogen-bond acceptors (Lipinski definition) is 4. The molecule has 0 fully saturated rings. The Balaban J connectivity index is 0. The van der Waals surface area contributed by atoms with Crippen LogP contribution in [0.3, 0.4) is 0 Å². The SMILES string of the molecule is CC(C)C(=O)O.CCCCOS(=O)(=O)O. The highest BCUT2D eigenvalue weighted by molar-refractivity contribution is 7.80. The van der Waals surface area contributed by atoms with Gasteiger partial charge >= 0.3 is 16.4 Å². The highest BCUT2D eigenvalue weighted by atomic mass is 32.3. The number of carboxylic acid groups (broad SMARTS) is 1. The minimum Gasteiger partial charge on any atom is -0.481 e. The molecule has 6 nitrogen and oxygen atoms in total. The Morgan fingerprint density at radius 3 is 2.00 bits per heavy atom. The zero-order valence-corrected chi connectivity index (χ0v) is 9.95. The summed E-state index contributed by atoms with van der Waals surface area (Å²) in [7, 11) is -4.20. The topological polar surface area (TPSA) is 101 Å². The molecule has 0 radical (unpaired) electrons. The summed E-state index contributed by atoms with van der Waals surface area (Å²) < 4.78 is 31.7. The van der Waals surface area contributed by atoms with Gasteiger partial charge in [0, 0.05) is 0 Å². The number of carboxylic acids is 1. The molecule has 7 heteroatoms. The molecule has 0 saturated carbocycles. The highest BCUT2D eigenvalue weighted by Gasteiger charge is 2.01. The first-order chi connectivity index (χ1) is 6.70. The van der Waals surface area contributed by atoms with E-state index < -0.39 is 16.4 Å². The van der Waals surface area contributed by atoms with E-state index in [4.69, 9.17) is 9.66 Å². The maximum atomic E-state index is 9.84. The predicted octanol–water partition coefficient (Wildman–Crippen LogP) is 1.33. The molecule has 92 valence electrons. The van der Waals surface area contributed by atoms with Gasteiger partial charge in [-0.1, -0.05) is 27.2 Å². The number of hydrogen-bond donors (Lipinski definition) is 2. The van der Waals surface area contributed by atoms with Gasteiger partial charge in [-0.05, 0) is 6.42 Å². The molecule has 0 aromatic heterocycles. The van der Waals surface area contributed by atoms with Crippen molar-refractivity contribution in [1.29, 1.82) is 0 Å². The van der Waals surface area contributed by atoms with Crippen molar-refractivity contribution in [2.75, 3.05) is 6.61 Å². The third-order valence-corrected chi connectivity index (χ3v) is 1.69. The Morgan fingerprint density at radius 1 is 1.40 bits per heavy atom. The van der Waals surface area contributed by atoms with E-state index in [-0.39, 0.29) is 12.5 Å². The van der Waals surface area contributed by atoms with Crippen LogP contribution in [-0.2, 0) is 19.4 Å². The lowest BCUT2D eigenvalue weighted by Crippen LogP contribution is -2.04. The second kappa shape index (κ2) is 8.63. The summed E-state index contributed by atoms with van der Waals surface area (Å²) in [6.45, 7) is 5.24. The molecule has 0 saturated heterocycles. The van der Waals surface area contributed by atoms with Gasteiger partial charge < -0.3 is 5.11 Å². The van der Waals surface area contributed by atoms with Crippen molar-refractivity contribution in [2.24, 2.45) is 5.92 Å². The van der Waals surface area contributed by atoms with Crippen LogP contribution in [0.15, 0.2) is 0 Å². The molecule has 0 heterocycles. The van der Waals surface area contributed by atoms with E-state index in [9.17, 15) is 13.2 Å². The normalized spacial score (nSPS) is 10.7.